The van der Waals surface area contributed by atoms with Crippen LogP contribution in [0.4, 0.5) is 0 Å². The maximum atomic E-state index is 10.3. The van der Waals surface area contributed by atoms with E-state index in [9.17, 15) is 59.4 Å². The van der Waals surface area contributed by atoms with Crippen molar-refractivity contribution in [1.29, 1.82) is 0 Å². The van der Waals surface area contributed by atoms with Crippen molar-refractivity contribution in [2.24, 2.45) is 0 Å². The van der Waals surface area contributed by atoms with Crippen LogP contribution in [0.1, 0.15) is 62.1 Å². The Labute approximate surface area is 281 Å². The molecule has 14 heteroatoms. The molecule has 0 aliphatic carbocycles. The molecule has 0 aliphatic rings. The van der Waals surface area contributed by atoms with E-state index in [4.69, 9.17) is 0 Å². The Morgan fingerprint density at radius 3 is 0.500 bits per heavy atom. The maximum Gasteiger partial charge on any atom is 3.00 e. The van der Waals surface area contributed by atoms with Crippen molar-refractivity contribution in [1.82, 2.24) is 0 Å². The summed E-state index contributed by atoms with van der Waals surface area (Å²) in [6, 6.07) is 15.4. The van der Waals surface area contributed by atoms with Crippen LogP contribution >= 0.6 is 0 Å². The van der Waals surface area contributed by atoms with Gasteiger partial charge in [0.2, 0.25) is 0 Å². The zero-order valence-electron chi connectivity index (χ0n) is 18.8. The van der Waals surface area contributed by atoms with Crippen LogP contribution in [0, 0.1) is 83.5 Å². The predicted molar refractivity (Wildman–Crippen MR) is 105 cm³/mol. The second-order valence-corrected chi connectivity index (χ2v) is 6.36. The predicted octanol–water partition coefficient (Wildman–Crippen LogP) is -4.76. The maximum absolute atomic E-state index is 10.3. The Kier molecular flexibility index (Phi) is 18.2. The third-order valence-electron chi connectivity index (χ3n) is 4.10. The molecule has 38 heavy (non-hydrogen) atoms. The number of hydrogen-bond acceptors (Lipinski definition) is 12. The number of aromatic carboxylic acids is 6. The Morgan fingerprint density at radius 2 is 0.421 bits per heavy atom. The Morgan fingerprint density at radius 1 is 0.316 bits per heavy atom. The van der Waals surface area contributed by atoms with Crippen LogP contribution in [-0.4, -0.2) is 35.8 Å². The minimum atomic E-state index is -1.52. The van der Waals surface area contributed by atoms with Crippen LogP contribution in [0.25, 0.3) is 0 Å². The van der Waals surface area contributed by atoms with Crippen molar-refractivity contribution in [2.75, 3.05) is 0 Å². The van der Waals surface area contributed by atoms with E-state index in [1.54, 1.807) is 0 Å². The van der Waals surface area contributed by atoms with Crippen molar-refractivity contribution in [3.8, 4) is 0 Å². The van der Waals surface area contributed by atoms with Crippen molar-refractivity contribution < 1.29 is 143 Å². The largest absolute Gasteiger partial charge is 3.00 e. The summed E-state index contributed by atoms with van der Waals surface area (Å²) in [6.45, 7) is 0. The fourth-order valence-corrected chi connectivity index (χ4v) is 2.52. The Hall–Kier alpha value is -2.77. The van der Waals surface area contributed by atoms with Gasteiger partial charge in [-0.25, -0.2) is 0 Å². The van der Waals surface area contributed by atoms with Crippen LogP contribution in [-0.2, 0) is 0 Å². The molecule has 3 aromatic rings. The molecule has 0 saturated heterocycles. The number of carbonyl (C=O) groups is 6. The SMILES string of the molecule is O=C([O-])c1ccccc1C(=O)[O-].O=C([O-])c1ccccc1C(=O)[O-].O=C([O-])c1ccccc1C(=O)[O-].[Ce+3].[Ce+3]. The molecule has 0 atom stereocenters. The molecule has 0 aliphatic heterocycles. The zero-order valence-corrected chi connectivity index (χ0v) is 25.1. The van der Waals surface area contributed by atoms with Gasteiger partial charge in [-0.1, -0.05) is 72.8 Å². The number of rotatable bonds is 6. The van der Waals surface area contributed by atoms with Gasteiger partial charge >= 0.3 is 83.5 Å². The van der Waals surface area contributed by atoms with Crippen molar-refractivity contribution in [2.45, 2.75) is 0 Å². The smallest absolute Gasteiger partial charge is 0.545 e. The van der Waals surface area contributed by atoms with Gasteiger partial charge in [-0.3, -0.25) is 0 Å². The molecule has 0 bridgehead atoms. The molecule has 0 N–H and O–H groups in total. The third-order valence-corrected chi connectivity index (χ3v) is 4.10. The number of carboxylic acid groups (broad SMARTS) is 6. The zero-order chi connectivity index (χ0) is 27.4. The van der Waals surface area contributed by atoms with Gasteiger partial charge in [0.1, 0.15) is 0 Å². The Balaban J connectivity index is 0. The molecule has 12 nitrogen and oxygen atoms in total. The van der Waals surface area contributed by atoms with E-state index in [1.165, 1.54) is 36.4 Å². The van der Waals surface area contributed by atoms with Gasteiger partial charge in [0.25, 0.3) is 0 Å². The summed E-state index contributed by atoms with van der Waals surface area (Å²) < 4.78 is 0. The monoisotopic (exact) mass is 772 g/mol. The average Bonchev–Trinajstić information content (AvgIpc) is 2.84. The van der Waals surface area contributed by atoms with Gasteiger partial charge in [-0.15, -0.1) is 0 Å². The summed E-state index contributed by atoms with van der Waals surface area (Å²) in [5.74, 6) is -9.11. The molecule has 0 amide bonds. The standard InChI is InChI=1S/3C8H6O4.2Ce/c3*9-7(10)5-3-1-2-4-6(5)8(11)12;;/h3*1-4H,(H,9,10)(H,11,12);;/q;;;2*+3/p-6. The molecule has 3 aromatic carbocycles. The molecule has 2 radical (unpaired) electrons. The van der Waals surface area contributed by atoms with E-state index in [-0.39, 0.29) is 117 Å². The molecule has 0 unspecified atom stereocenters. The first-order chi connectivity index (χ1) is 16.9. The van der Waals surface area contributed by atoms with Crippen LogP contribution in [0.3, 0.4) is 0 Å². The Bertz CT molecular complexity index is 1060. The van der Waals surface area contributed by atoms with Crippen LogP contribution in [0.2, 0.25) is 0 Å². The number of carbonyl (C=O) groups excluding carboxylic acids is 6. The molecule has 0 spiro atoms. The molecule has 188 valence electrons. The third kappa shape index (κ3) is 11.7. The van der Waals surface area contributed by atoms with Gasteiger partial charge in [-0.05, 0) is 0 Å². The van der Waals surface area contributed by atoms with Crippen LogP contribution < -0.4 is 30.6 Å². The van der Waals surface area contributed by atoms with E-state index < -0.39 is 35.8 Å². The first kappa shape index (κ1) is 37.4. The molecule has 0 aromatic heterocycles. The normalized spacial score (nSPS) is 8.84. The van der Waals surface area contributed by atoms with Gasteiger partial charge in [0.15, 0.2) is 0 Å². The summed E-state index contributed by atoms with van der Waals surface area (Å²) >= 11 is 0. The summed E-state index contributed by atoms with van der Waals surface area (Å²) in [7, 11) is 0. The van der Waals surface area contributed by atoms with Crippen LogP contribution in [0.5, 0.6) is 0 Å². The second kappa shape index (κ2) is 18.5. The summed E-state index contributed by atoms with van der Waals surface area (Å²) in [6.07, 6.45) is 0. The minimum Gasteiger partial charge on any atom is -0.545 e. The van der Waals surface area contributed by atoms with E-state index in [0.717, 1.165) is 36.4 Å². The molecular weight excluding hydrogens is 760 g/mol. The van der Waals surface area contributed by atoms with Gasteiger partial charge in [-0.2, -0.15) is 0 Å². The summed E-state index contributed by atoms with van der Waals surface area (Å²) in [5, 5.41) is 61.9. The number of carboxylic acids is 6. The van der Waals surface area contributed by atoms with E-state index in [1.807, 2.05) is 0 Å². The molecule has 0 heterocycles. The molecule has 3 rings (SSSR count). The van der Waals surface area contributed by atoms with E-state index in [0.29, 0.717) is 0 Å². The second-order valence-electron chi connectivity index (χ2n) is 6.36. The quantitative estimate of drug-likeness (QED) is 0.230. The number of hydrogen-bond donors (Lipinski definition) is 0. The van der Waals surface area contributed by atoms with E-state index >= 15 is 0 Å². The topological polar surface area (TPSA) is 241 Å². The van der Waals surface area contributed by atoms with Gasteiger partial charge in [0.05, 0.1) is 35.8 Å². The van der Waals surface area contributed by atoms with Crippen molar-refractivity contribution >= 4 is 35.8 Å². The van der Waals surface area contributed by atoms with Crippen LogP contribution in [0.15, 0.2) is 72.8 Å². The summed E-state index contributed by atoms with van der Waals surface area (Å²) in [5.41, 5.74) is -2.18. The first-order valence-electron chi connectivity index (χ1n) is 9.43. The van der Waals surface area contributed by atoms with E-state index in [2.05, 4.69) is 0 Å². The van der Waals surface area contributed by atoms with Crippen molar-refractivity contribution in [3.63, 3.8) is 0 Å². The average molecular weight is 773 g/mol. The summed E-state index contributed by atoms with van der Waals surface area (Å²) in [4.78, 5) is 61.9. The molecular formula is C24H12Ce2O12. The van der Waals surface area contributed by atoms with Gasteiger partial charge in [0, 0.05) is 33.4 Å². The first-order valence-corrected chi connectivity index (χ1v) is 9.43. The van der Waals surface area contributed by atoms with Crippen molar-refractivity contribution in [3.05, 3.63) is 106 Å². The fraction of sp³-hybridized carbons (Fsp3) is 0. The van der Waals surface area contributed by atoms with Gasteiger partial charge < -0.3 is 59.4 Å². The molecule has 0 fully saturated rings. The number of benzene rings is 3. The fourth-order valence-electron chi connectivity index (χ4n) is 2.52. The minimum absolute atomic E-state index is 0. The molecule has 0 saturated carbocycles.